The second-order valence-electron chi connectivity index (χ2n) is 7.95. The Morgan fingerprint density at radius 2 is 1.55 bits per heavy atom. The molecule has 0 unspecified atom stereocenters. The zero-order chi connectivity index (χ0) is 23.6. The topological polar surface area (TPSA) is 49.4 Å². The first-order chi connectivity index (χ1) is 16.0. The van der Waals surface area contributed by atoms with E-state index in [1.165, 1.54) is 11.8 Å². The summed E-state index contributed by atoms with van der Waals surface area (Å²) in [7, 11) is 1.62. The van der Waals surface area contributed by atoms with E-state index in [1.807, 2.05) is 85.8 Å². The van der Waals surface area contributed by atoms with Gasteiger partial charge in [-0.1, -0.05) is 83.9 Å². The first-order valence-electron chi connectivity index (χ1n) is 10.9. The Bertz CT molecular complexity index is 1040. The molecule has 33 heavy (non-hydrogen) atoms. The minimum Gasteiger partial charge on any atom is -0.357 e. The summed E-state index contributed by atoms with van der Waals surface area (Å²) in [5, 5.41) is 3.44. The molecule has 4 nitrogen and oxygen atoms in total. The predicted molar refractivity (Wildman–Crippen MR) is 137 cm³/mol. The van der Waals surface area contributed by atoms with Crippen LogP contribution in [0.4, 0.5) is 0 Å². The number of carbonyl (C=O) groups is 2. The molecule has 1 N–H and O–H groups in total. The van der Waals surface area contributed by atoms with Gasteiger partial charge in [0.2, 0.25) is 11.8 Å². The highest BCUT2D eigenvalue weighted by molar-refractivity contribution is 7.99. The number of amides is 2. The molecular formula is C27H29ClN2O2S. The van der Waals surface area contributed by atoms with Crippen molar-refractivity contribution in [1.29, 1.82) is 0 Å². The second kappa shape index (κ2) is 12.5. The maximum absolute atomic E-state index is 13.4. The van der Waals surface area contributed by atoms with E-state index in [0.717, 1.165) is 22.3 Å². The normalized spacial score (nSPS) is 11.6. The number of aryl methyl sites for hydroxylation is 1. The monoisotopic (exact) mass is 480 g/mol. The predicted octanol–water partition coefficient (Wildman–Crippen LogP) is 5.27. The molecule has 172 valence electrons. The summed E-state index contributed by atoms with van der Waals surface area (Å²) in [5.74, 6) is 0.766. The number of hydrogen-bond donors (Lipinski definition) is 1. The maximum Gasteiger partial charge on any atom is 0.242 e. The van der Waals surface area contributed by atoms with Gasteiger partial charge in [0.15, 0.2) is 0 Å². The van der Waals surface area contributed by atoms with Crippen LogP contribution in [0.15, 0.2) is 78.9 Å². The van der Waals surface area contributed by atoms with E-state index in [0.29, 0.717) is 23.7 Å². The number of rotatable bonds is 10. The molecule has 0 spiro atoms. The van der Waals surface area contributed by atoms with Gasteiger partial charge in [-0.05, 0) is 35.7 Å². The number of carbonyl (C=O) groups excluding carboxylic acids is 2. The van der Waals surface area contributed by atoms with Crippen LogP contribution >= 0.6 is 23.4 Å². The highest BCUT2D eigenvalue weighted by atomic mass is 35.5. The Kier molecular flexibility index (Phi) is 9.40. The molecule has 2 amide bonds. The van der Waals surface area contributed by atoms with Crippen LogP contribution in [0.5, 0.6) is 0 Å². The summed E-state index contributed by atoms with van der Waals surface area (Å²) in [4.78, 5) is 28.0. The van der Waals surface area contributed by atoms with Crippen molar-refractivity contribution in [2.45, 2.75) is 31.7 Å². The van der Waals surface area contributed by atoms with E-state index in [4.69, 9.17) is 11.6 Å². The fraction of sp³-hybridized carbons (Fsp3) is 0.259. The smallest absolute Gasteiger partial charge is 0.242 e. The van der Waals surface area contributed by atoms with Crippen molar-refractivity contribution in [1.82, 2.24) is 10.2 Å². The van der Waals surface area contributed by atoms with Crippen molar-refractivity contribution in [2.75, 3.05) is 12.8 Å². The van der Waals surface area contributed by atoms with Gasteiger partial charge >= 0.3 is 0 Å². The van der Waals surface area contributed by atoms with Gasteiger partial charge in [-0.15, -0.1) is 11.8 Å². The lowest BCUT2D eigenvalue weighted by molar-refractivity contribution is -0.139. The molecule has 0 saturated carbocycles. The summed E-state index contributed by atoms with van der Waals surface area (Å²) in [6, 6.07) is 24.9. The van der Waals surface area contributed by atoms with Crippen LogP contribution < -0.4 is 5.32 Å². The molecule has 0 saturated heterocycles. The minimum atomic E-state index is -0.595. The van der Waals surface area contributed by atoms with Crippen LogP contribution in [0.3, 0.4) is 0 Å². The van der Waals surface area contributed by atoms with Gasteiger partial charge in [0, 0.05) is 30.8 Å². The molecule has 0 aromatic heterocycles. The molecule has 0 aliphatic carbocycles. The number of halogens is 1. The third-order valence-corrected chi connectivity index (χ3v) is 6.64. The Morgan fingerprint density at radius 1 is 0.909 bits per heavy atom. The first-order valence-corrected chi connectivity index (χ1v) is 12.4. The Morgan fingerprint density at radius 3 is 2.18 bits per heavy atom. The van der Waals surface area contributed by atoms with E-state index >= 15 is 0 Å². The standard InChI is InChI=1S/C27H29ClN2O2S/c1-20-8-10-22(11-9-20)17-30(25(27(32)29-2)16-21-6-4-3-5-7-21)26(31)19-33-18-23-12-14-24(28)15-13-23/h3-15,25H,16-19H2,1-2H3,(H,29,32)/t25-/m1/s1. The Balaban J connectivity index is 1.79. The number of thioether (sulfide) groups is 1. The zero-order valence-electron chi connectivity index (χ0n) is 19.0. The molecule has 3 aromatic rings. The molecular weight excluding hydrogens is 452 g/mol. The molecule has 0 aliphatic rings. The molecule has 6 heteroatoms. The third-order valence-electron chi connectivity index (χ3n) is 5.40. The van der Waals surface area contributed by atoms with Crippen LogP contribution in [0.2, 0.25) is 5.02 Å². The summed E-state index contributed by atoms with van der Waals surface area (Å²) in [6.07, 6.45) is 0.458. The largest absolute Gasteiger partial charge is 0.357 e. The molecule has 0 heterocycles. The second-order valence-corrected chi connectivity index (χ2v) is 9.37. The van der Waals surface area contributed by atoms with Crippen molar-refractivity contribution >= 4 is 35.2 Å². The van der Waals surface area contributed by atoms with Crippen LogP contribution in [-0.2, 0) is 28.3 Å². The minimum absolute atomic E-state index is 0.0564. The summed E-state index contributed by atoms with van der Waals surface area (Å²) in [6.45, 7) is 2.41. The maximum atomic E-state index is 13.4. The van der Waals surface area contributed by atoms with Crippen molar-refractivity contribution in [3.63, 3.8) is 0 Å². The molecule has 0 radical (unpaired) electrons. The van der Waals surface area contributed by atoms with Crippen LogP contribution in [0, 0.1) is 6.92 Å². The lowest BCUT2D eigenvalue weighted by Gasteiger charge is -2.31. The van der Waals surface area contributed by atoms with Crippen molar-refractivity contribution < 1.29 is 9.59 Å². The molecule has 3 rings (SSSR count). The van der Waals surface area contributed by atoms with Gasteiger partial charge in [0.1, 0.15) is 6.04 Å². The van der Waals surface area contributed by atoms with E-state index in [1.54, 1.807) is 11.9 Å². The quantitative estimate of drug-likeness (QED) is 0.430. The molecule has 3 aromatic carbocycles. The van der Waals surface area contributed by atoms with E-state index in [-0.39, 0.29) is 17.6 Å². The number of nitrogens with zero attached hydrogens (tertiary/aromatic N) is 1. The SMILES string of the molecule is CNC(=O)[C@@H](Cc1ccccc1)N(Cc1ccc(C)cc1)C(=O)CSCc1ccc(Cl)cc1. The average molecular weight is 481 g/mol. The van der Waals surface area contributed by atoms with Crippen LogP contribution in [0.25, 0.3) is 0 Å². The molecule has 0 aliphatic heterocycles. The average Bonchev–Trinajstić information content (AvgIpc) is 2.83. The Labute approximate surface area is 205 Å². The summed E-state index contributed by atoms with van der Waals surface area (Å²) in [5.41, 5.74) is 4.27. The molecule has 1 atom stereocenters. The van der Waals surface area contributed by atoms with Gasteiger partial charge in [-0.2, -0.15) is 0 Å². The van der Waals surface area contributed by atoms with Gasteiger partial charge in [0.05, 0.1) is 5.75 Å². The number of likely N-dealkylation sites (N-methyl/N-ethyl adjacent to an activating group) is 1. The van der Waals surface area contributed by atoms with Gasteiger partial charge in [-0.25, -0.2) is 0 Å². The van der Waals surface area contributed by atoms with E-state index in [9.17, 15) is 9.59 Å². The Hall–Kier alpha value is -2.76. The van der Waals surface area contributed by atoms with Crippen molar-refractivity contribution in [3.8, 4) is 0 Å². The molecule has 0 fully saturated rings. The van der Waals surface area contributed by atoms with Crippen LogP contribution in [0.1, 0.15) is 22.3 Å². The van der Waals surface area contributed by atoms with Gasteiger partial charge in [-0.3, -0.25) is 9.59 Å². The first kappa shape index (κ1) is 24.9. The summed E-state index contributed by atoms with van der Waals surface area (Å²) >= 11 is 7.50. The fourth-order valence-corrected chi connectivity index (χ4v) is 4.53. The number of benzene rings is 3. The van der Waals surface area contributed by atoms with E-state index < -0.39 is 6.04 Å². The van der Waals surface area contributed by atoms with Gasteiger partial charge in [0.25, 0.3) is 0 Å². The number of hydrogen-bond acceptors (Lipinski definition) is 3. The number of nitrogens with one attached hydrogen (secondary N) is 1. The van der Waals surface area contributed by atoms with E-state index in [2.05, 4.69) is 5.32 Å². The fourth-order valence-electron chi connectivity index (χ4n) is 3.53. The van der Waals surface area contributed by atoms with Crippen LogP contribution in [-0.4, -0.2) is 35.6 Å². The molecule has 0 bridgehead atoms. The zero-order valence-corrected chi connectivity index (χ0v) is 20.5. The van der Waals surface area contributed by atoms with Crippen molar-refractivity contribution in [2.24, 2.45) is 0 Å². The summed E-state index contributed by atoms with van der Waals surface area (Å²) < 4.78 is 0. The van der Waals surface area contributed by atoms with Crippen molar-refractivity contribution in [3.05, 3.63) is 106 Å². The van der Waals surface area contributed by atoms with Gasteiger partial charge < -0.3 is 10.2 Å². The highest BCUT2D eigenvalue weighted by Crippen LogP contribution is 2.19. The lowest BCUT2D eigenvalue weighted by atomic mass is 10.0. The lowest BCUT2D eigenvalue weighted by Crippen LogP contribution is -2.50. The third kappa shape index (κ3) is 7.65. The highest BCUT2D eigenvalue weighted by Gasteiger charge is 2.29.